The molecule has 1 atom stereocenters. The molecule has 0 aromatic heterocycles. The van der Waals surface area contributed by atoms with Crippen LogP contribution in [-0.2, 0) is 14.4 Å². The quantitative estimate of drug-likeness (QED) is 0.677. The number of hydrogen-bond acceptors (Lipinski definition) is 5. The third-order valence-electron chi connectivity index (χ3n) is 5.67. The topological polar surface area (TPSA) is 90.5 Å². The molecular formula is C19H24N4O3S. The van der Waals surface area contributed by atoms with Gasteiger partial charge in [0.05, 0.1) is 16.1 Å². The zero-order valence-corrected chi connectivity index (χ0v) is 16.3. The lowest BCUT2D eigenvalue weighted by Crippen LogP contribution is -2.62. The number of thioether (sulfide) groups is 1. The number of nitrogens with one attached hydrogen (secondary N) is 3. The van der Waals surface area contributed by atoms with Crippen molar-refractivity contribution in [2.45, 2.75) is 43.0 Å². The number of benzene rings is 1. The number of rotatable bonds is 1. The molecule has 1 aromatic rings. The zero-order valence-electron chi connectivity index (χ0n) is 15.5. The van der Waals surface area contributed by atoms with Crippen molar-refractivity contribution in [2.24, 2.45) is 0 Å². The molecule has 8 heteroatoms. The van der Waals surface area contributed by atoms with Gasteiger partial charge in [-0.2, -0.15) is 0 Å². The van der Waals surface area contributed by atoms with E-state index in [-0.39, 0.29) is 17.7 Å². The zero-order chi connectivity index (χ0) is 19.2. The lowest BCUT2D eigenvalue weighted by molar-refractivity contribution is -0.138. The van der Waals surface area contributed by atoms with Gasteiger partial charge in [0.2, 0.25) is 17.7 Å². The van der Waals surface area contributed by atoms with E-state index in [0.717, 1.165) is 11.4 Å². The number of carbonyl (C=O) groups excluding carboxylic acids is 3. The Kier molecular flexibility index (Phi) is 4.33. The van der Waals surface area contributed by atoms with Crippen molar-refractivity contribution in [3.8, 4) is 0 Å². The van der Waals surface area contributed by atoms with E-state index in [9.17, 15) is 14.4 Å². The molecule has 0 aliphatic carbocycles. The second kappa shape index (κ2) is 6.44. The molecule has 0 radical (unpaired) electrons. The lowest BCUT2D eigenvalue weighted by Gasteiger charge is -2.45. The van der Waals surface area contributed by atoms with Gasteiger partial charge in [0, 0.05) is 18.8 Å². The maximum Gasteiger partial charge on any atom is 0.250 e. The highest BCUT2D eigenvalue weighted by Gasteiger charge is 2.46. The Morgan fingerprint density at radius 1 is 1.11 bits per heavy atom. The van der Waals surface area contributed by atoms with Crippen LogP contribution in [-0.4, -0.2) is 57.8 Å². The molecule has 3 aliphatic heterocycles. The highest BCUT2D eigenvalue weighted by molar-refractivity contribution is 8.01. The van der Waals surface area contributed by atoms with Crippen LogP contribution < -0.4 is 16.0 Å². The Hall–Kier alpha value is -2.22. The maximum atomic E-state index is 12.8. The fraction of sp³-hybridized carbons (Fsp3) is 0.526. The molecule has 1 spiro atoms. The molecule has 144 valence electrons. The smallest absolute Gasteiger partial charge is 0.250 e. The first-order valence-electron chi connectivity index (χ1n) is 9.23. The standard InChI is InChI=1S/C19H24N4O3S/c1-18(2)16(25)21-14(11-27-18)15(24)23-9-7-19(8-10-23)17(26)20-12-5-3-4-6-13(12)22-19/h3-6,14,22H,7-11H2,1-2H3,(H,20,26)(H,21,25). The van der Waals surface area contributed by atoms with E-state index < -0.39 is 16.3 Å². The summed E-state index contributed by atoms with van der Waals surface area (Å²) in [5.74, 6) is 0.371. The third kappa shape index (κ3) is 3.16. The lowest BCUT2D eigenvalue weighted by atomic mass is 9.84. The molecule has 1 aromatic carbocycles. The van der Waals surface area contributed by atoms with Gasteiger partial charge in [-0.25, -0.2) is 0 Å². The van der Waals surface area contributed by atoms with Crippen LogP contribution in [0.15, 0.2) is 24.3 Å². The van der Waals surface area contributed by atoms with Crippen molar-refractivity contribution in [3.05, 3.63) is 24.3 Å². The van der Waals surface area contributed by atoms with Gasteiger partial charge >= 0.3 is 0 Å². The minimum absolute atomic E-state index is 0.0448. The van der Waals surface area contributed by atoms with Gasteiger partial charge in [0.15, 0.2) is 0 Å². The molecule has 2 fully saturated rings. The molecule has 3 aliphatic rings. The molecule has 0 saturated carbocycles. The normalized spacial score (nSPS) is 25.9. The van der Waals surface area contributed by atoms with Crippen LogP contribution >= 0.6 is 11.8 Å². The van der Waals surface area contributed by atoms with E-state index in [1.807, 2.05) is 38.1 Å². The predicted octanol–water partition coefficient (Wildman–Crippen LogP) is 1.42. The number of para-hydroxylation sites is 2. The van der Waals surface area contributed by atoms with Crippen molar-refractivity contribution in [2.75, 3.05) is 29.5 Å². The fourth-order valence-corrected chi connectivity index (χ4v) is 4.80. The van der Waals surface area contributed by atoms with Crippen LogP contribution in [0.25, 0.3) is 0 Å². The molecule has 2 saturated heterocycles. The molecule has 3 N–H and O–H groups in total. The Bertz CT molecular complexity index is 802. The van der Waals surface area contributed by atoms with Crippen LogP contribution in [0.1, 0.15) is 26.7 Å². The first-order chi connectivity index (χ1) is 12.8. The summed E-state index contributed by atoms with van der Waals surface area (Å²) < 4.78 is -0.500. The maximum absolute atomic E-state index is 12.8. The number of carbonyl (C=O) groups is 3. The largest absolute Gasteiger partial charge is 0.369 e. The third-order valence-corrected chi connectivity index (χ3v) is 7.08. The van der Waals surface area contributed by atoms with Crippen molar-refractivity contribution < 1.29 is 14.4 Å². The van der Waals surface area contributed by atoms with Crippen molar-refractivity contribution in [1.29, 1.82) is 0 Å². The predicted molar refractivity (Wildman–Crippen MR) is 106 cm³/mol. The number of nitrogens with zero attached hydrogens (tertiary/aromatic N) is 1. The monoisotopic (exact) mass is 388 g/mol. The van der Waals surface area contributed by atoms with Gasteiger partial charge in [-0.15, -0.1) is 11.8 Å². The minimum atomic E-state index is -0.683. The van der Waals surface area contributed by atoms with E-state index in [2.05, 4.69) is 16.0 Å². The molecule has 4 rings (SSSR count). The fourth-order valence-electron chi connectivity index (χ4n) is 3.80. The highest BCUT2D eigenvalue weighted by atomic mass is 32.2. The molecule has 3 amide bonds. The molecule has 0 bridgehead atoms. The van der Waals surface area contributed by atoms with Gasteiger partial charge in [0.25, 0.3) is 0 Å². The molecular weight excluding hydrogens is 364 g/mol. The Labute approximate surface area is 162 Å². The Morgan fingerprint density at radius 3 is 2.44 bits per heavy atom. The van der Waals surface area contributed by atoms with E-state index in [1.54, 1.807) is 4.90 Å². The summed E-state index contributed by atoms with van der Waals surface area (Å²) in [6.45, 7) is 4.71. The number of amides is 3. The number of fused-ring (bicyclic) bond motifs is 1. The first-order valence-corrected chi connectivity index (χ1v) is 10.2. The van der Waals surface area contributed by atoms with Gasteiger partial charge in [-0.1, -0.05) is 12.1 Å². The average Bonchev–Trinajstić information content (AvgIpc) is 2.65. The van der Waals surface area contributed by atoms with Crippen molar-refractivity contribution in [3.63, 3.8) is 0 Å². The van der Waals surface area contributed by atoms with Crippen molar-refractivity contribution >= 4 is 40.9 Å². The van der Waals surface area contributed by atoms with Gasteiger partial charge in [0.1, 0.15) is 11.6 Å². The van der Waals surface area contributed by atoms with E-state index >= 15 is 0 Å². The second-order valence-corrected chi connectivity index (χ2v) is 9.52. The summed E-state index contributed by atoms with van der Waals surface area (Å²) in [6, 6.07) is 7.15. The summed E-state index contributed by atoms with van der Waals surface area (Å²) in [6.07, 6.45) is 1.08. The van der Waals surface area contributed by atoms with E-state index in [4.69, 9.17) is 0 Å². The summed E-state index contributed by atoms with van der Waals surface area (Å²) in [5.41, 5.74) is 1.02. The van der Waals surface area contributed by atoms with Crippen LogP contribution in [0.4, 0.5) is 11.4 Å². The Balaban J connectivity index is 1.41. The van der Waals surface area contributed by atoms with Crippen molar-refractivity contribution in [1.82, 2.24) is 10.2 Å². The summed E-state index contributed by atoms with van der Waals surface area (Å²) >= 11 is 1.51. The number of piperidine rings is 1. The molecule has 1 unspecified atom stereocenters. The highest BCUT2D eigenvalue weighted by Crippen LogP contribution is 2.36. The summed E-state index contributed by atoms with van der Waals surface area (Å²) in [7, 11) is 0. The van der Waals surface area contributed by atoms with Gasteiger partial charge in [-0.05, 0) is 38.8 Å². The number of hydrogen-bond donors (Lipinski definition) is 3. The molecule has 7 nitrogen and oxygen atoms in total. The van der Waals surface area contributed by atoms with Crippen LogP contribution in [0.5, 0.6) is 0 Å². The van der Waals surface area contributed by atoms with E-state index in [0.29, 0.717) is 31.7 Å². The summed E-state index contributed by atoms with van der Waals surface area (Å²) in [5, 5.41) is 9.22. The SMILES string of the molecule is CC1(C)SCC(C(=O)N2CCC3(CC2)Nc2ccccc2NC3=O)NC1=O. The van der Waals surface area contributed by atoms with E-state index in [1.165, 1.54) is 11.8 Å². The van der Waals surface area contributed by atoms with Gasteiger partial charge < -0.3 is 20.9 Å². The second-order valence-electron chi connectivity index (χ2n) is 7.88. The number of anilines is 2. The Morgan fingerprint density at radius 2 is 1.78 bits per heavy atom. The van der Waals surface area contributed by atoms with Crippen LogP contribution in [0, 0.1) is 0 Å². The average molecular weight is 388 g/mol. The number of likely N-dealkylation sites (tertiary alicyclic amines) is 1. The van der Waals surface area contributed by atoms with Crippen LogP contribution in [0.2, 0.25) is 0 Å². The van der Waals surface area contributed by atoms with Crippen LogP contribution in [0.3, 0.4) is 0 Å². The van der Waals surface area contributed by atoms with Gasteiger partial charge in [-0.3, -0.25) is 14.4 Å². The molecule has 27 heavy (non-hydrogen) atoms. The molecule has 3 heterocycles. The first kappa shape index (κ1) is 18.2. The minimum Gasteiger partial charge on any atom is -0.369 e. The summed E-state index contributed by atoms with van der Waals surface area (Å²) in [4.78, 5) is 39.4.